The summed E-state index contributed by atoms with van der Waals surface area (Å²) in [5.41, 5.74) is 2.54. The lowest BCUT2D eigenvalue weighted by molar-refractivity contribution is -0.119. The number of nitrogens with one attached hydrogen (secondary N) is 2. The largest absolute Gasteiger partial charge is 0.431 e. The minimum Gasteiger partial charge on any atom is -0.431 e. The monoisotopic (exact) mass is 395 g/mol. The first-order valence-electron chi connectivity index (χ1n) is 8.95. The number of nitrogens with zero attached hydrogens (tertiary/aromatic N) is 1. The number of urea groups is 1. The van der Waals surface area contributed by atoms with Crippen LogP contribution in [0.3, 0.4) is 0 Å². The van der Waals surface area contributed by atoms with E-state index in [9.17, 15) is 9.59 Å². The van der Waals surface area contributed by atoms with Crippen LogP contribution in [-0.4, -0.2) is 28.7 Å². The van der Waals surface area contributed by atoms with Gasteiger partial charge in [-0.25, -0.2) is 9.78 Å². The molecule has 0 bridgehead atoms. The van der Waals surface area contributed by atoms with Crippen LogP contribution in [0.4, 0.5) is 4.79 Å². The van der Waals surface area contributed by atoms with Crippen molar-refractivity contribution in [1.29, 1.82) is 0 Å². The van der Waals surface area contributed by atoms with Crippen molar-refractivity contribution in [2.75, 3.05) is 6.54 Å². The predicted octanol–water partition coefficient (Wildman–Crippen LogP) is 4.33. The van der Waals surface area contributed by atoms with Gasteiger partial charge in [0.15, 0.2) is 5.76 Å². The van der Waals surface area contributed by atoms with Crippen molar-refractivity contribution >= 4 is 23.7 Å². The van der Waals surface area contributed by atoms with Crippen LogP contribution in [0.5, 0.6) is 0 Å². The van der Waals surface area contributed by atoms with Crippen LogP contribution in [0.25, 0.3) is 22.6 Å². The number of rotatable bonds is 6. The fourth-order valence-corrected chi connectivity index (χ4v) is 3.29. The van der Waals surface area contributed by atoms with Gasteiger partial charge in [-0.15, -0.1) is 0 Å². The minimum absolute atomic E-state index is 0.372. The fourth-order valence-electron chi connectivity index (χ4n) is 2.55. The van der Waals surface area contributed by atoms with Crippen LogP contribution in [0.1, 0.15) is 13.8 Å². The van der Waals surface area contributed by atoms with Gasteiger partial charge in [0, 0.05) is 17.7 Å². The molecule has 7 heteroatoms. The summed E-state index contributed by atoms with van der Waals surface area (Å²) in [6.45, 7) is 3.93. The van der Waals surface area contributed by atoms with E-state index in [1.807, 2.05) is 60.7 Å². The first-order valence-corrected chi connectivity index (χ1v) is 9.83. The molecule has 6 nitrogen and oxygen atoms in total. The summed E-state index contributed by atoms with van der Waals surface area (Å²) in [6.07, 6.45) is 0. The number of carbonyl (C=O) groups is 2. The van der Waals surface area contributed by atoms with E-state index in [0.29, 0.717) is 23.2 Å². The quantitative estimate of drug-likeness (QED) is 0.607. The average molecular weight is 395 g/mol. The number of benzene rings is 2. The maximum absolute atomic E-state index is 12.2. The van der Waals surface area contributed by atoms with E-state index in [2.05, 4.69) is 15.6 Å². The van der Waals surface area contributed by atoms with Crippen molar-refractivity contribution in [3.05, 3.63) is 60.7 Å². The lowest BCUT2D eigenvalue weighted by atomic mass is 10.1. The third-order valence-corrected chi connectivity index (χ3v) is 4.86. The van der Waals surface area contributed by atoms with Crippen molar-refractivity contribution in [2.24, 2.45) is 0 Å². The number of hydrogen-bond acceptors (Lipinski definition) is 5. The van der Waals surface area contributed by atoms with E-state index in [-0.39, 0.29) is 0 Å². The molecule has 0 aliphatic carbocycles. The highest BCUT2D eigenvalue weighted by molar-refractivity contribution is 8.00. The highest BCUT2D eigenvalue weighted by Gasteiger charge is 2.22. The van der Waals surface area contributed by atoms with Gasteiger partial charge in [0.05, 0.1) is 5.25 Å². The summed E-state index contributed by atoms with van der Waals surface area (Å²) in [6, 6.07) is 18.9. The topological polar surface area (TPSA) is 84.2 Å². The first kappa shape index (κ1) is 19.7. The Bertz CT molecular complexity index is 885. The third kappa shape index (κ3) is 4.80. The summed E-state index contributed by atoms with van der Waals surface area (Å²) in [4.78, 5) is 28.4. The Morgan fingerprint density at radius 3 is 2.25 bits per heavy atom. The van der Waals surface area contributed by atoms with Gasteiger partial charge in [-0.05, 0) is 13.8 Å². The molecule has 2 aromatic carbocycles. The average Bonchev–Trinajstić information content (AvgIpc) is 3.13. The van der Waals surface area contributed by atoms with Crippen LogP contribution >= 0.6 is 11.8 Å². The SMILES string of the molecule is CCNC(=O)NC(=O)C(C)Sc1nc(-c2ccccc2)c(-c2ccccc2)o1. The zero-order valence-corrected chi connectivity index (χ0v) is 16.5. The molecule has 0 fully saturated rings. The lowest BCUT2D eigenvalue weighted by Gasteiger charge is -2.09. The number of imide groups is 1. The second-order valence-corrected chi connectivity index (χ2v) is 7.29. The standard InChI is InChI=1S/C21H21N3O3S/c1-3-22-20(26)24-19(25)14(2)28-21-23-17(15-10-6-4-7-11-15)18(27-21)16-12-8-5-9-13-16/h4-14H,3H2,1-2H3,(H2,22,24,25,26). The second kappa shape index (κ2) is 9.23. The van der Waals surface area contributed by atoms with E-state index in [0.717, 1.165) is 11.1 Å². The molecule has 1 unspecified atom stereocenters. The molecule has 1 atom stereocenters. The van der Waals surface area contributed by atoms with E-state index < -0.39 is 17.2 Å². The number of hydrogen-bond donors (Lipinski definition) is 2. The van der Waals surface area contributed by atoms with Crippen molar-refractivity contribution in [3.63, 3.8) is 0 Å². The van der Waals surface area contributed by atoms with Crippen LogP contribution in [0.15, 0.2) is 70.3 Å². The Hall–Kier alpha value is -3.06. The van der Waals surface area contributed by atoms with Crippen LogP contribution in [-0.2, 0) is 4.79 Å². The second-order valence-electron chi connectivity index (χ2n) is 6.00. The Kier molecular flexibility index (Phi) is 6.49. The molecule has 0 saturated carbocycles. The number of amides is 3. The molecule has 3 amide bonds. The number of carbonyl (C=O) groups excluding carboxylic acids is 2. The molecule has 0 radical (unpaired) electrons. The van der Waals surface area contributed by atoms with Crippen LogP contribution in [0.2, 0.25) is 0 Å². The molecule has 3 rings (SSSR count). The fraction of sp³-hybridized carbons (Fsp3) is 0.190. The molecule has 3 aromatic rings. The maximum Gasteiger partial charge on any atom is 0.321 e. The van der Waals surface area contributed by atoms with Gasteiger partial charge in [0.2, 0.25) is 5.91 Å². The molecular formula is C21H21N3O3S. The van der Waals surface area contributed by atoms with Gasteiger partial charge in [-0.3, -0.25) is 10.1 Å². The lowest BCUT2D eigenvalue weighted by Crippen LogP contribution is -2.42. The molecule has 0 aliphatic heterocycles. The molecule has 0 saturated heterocycles. The highest BCUT2D eigenvalue weighted by atomic mass is 32.2. The van der Waals surface area contributed by atoms with Gasteiger partial charge < -0.3 is 9.73 Å². The summed E-state index contributed by atoms with van der Waals surface area (Å²) >= 11 is 1.17. The molecule has 1 heterocycles. The first-order chi connectivity index (χ1) is 13.6. The molecule has 144 valence electrons. The number of thioether (sulfide) groups is 1. The normalized spacial score (nSPS) is 11.6. The van der Waals surface area contributed by atoms with Crippen LogP contribution in [0, 0.1) is 0 Å². The Labute approximate surface area is 167 Å². The predicted molar refractivity (Wildman–Crippen MR) is 110 cm³/mol. The van der Waals surface area contributed by atoms with Crippen molar-refractivity contribution < 1.29 is 14.0 Å². The summed E-state index contributed by atoms with van der Waals surface area (Å²) in [7, 11) is 0. The molecular weight excluding hydrogens is 374 g/mol. The van der Waals surface area contributed by atoms with Gasteiger partial charge in [0.25, 0.3) is 5.22 Å². The zero-order valence-electron chi connectivity index (χ0n) is 15.6. The minimum atomic E-state index is -0.548. The van der Waals surface area contributed by atoms with Gasteiger partial charge in [0.1, 0.15) is 5.69 Å². The van der Waals surface area contributed by atoms with Gasteiger partial charge in [-0.2, -0.15) is 0 Å². The summed E-state index contributed by atoms with van der Waals surface area (Å²) < 4.78 is 6.00. The molecule has 0 spiro atoms. The van der Waals surface area contributed by atoms with Crippen molar-refractivity contribution in [2.45, 2.75) is 24.3 Å². The van der Waals surface area contributed by atoms with E-state index in [1.165, 1.54) is 11.8 Å². The molecule has 1 aromatic heterocycles. The Morgan fingerprint density at radius 2 is 1.64 bits per heavy atom. The summed E-state index contributed by atoms with van der Waals surface area (Å²) in [5, 5.41) is 4.66. The van der Waals surface area contributed by atoms with Crippen LogP contribution < -0.4 is 10.6 Å². The van der Waals surface area contributed by atoms with Crippen molar-refractivity contribution in [3.8, 4) is 22.6 Å². The van der Waals surface area contributed by atoms with Gasteiger partial charge >= 0.3 is 6.03 Å². The molecule has 28 heavy (non-hydrogen) atoms. The maximum atomic E-state index is 12.2. The third-order valence-electron chi connectivity index (χ3n) is 3.91. The highest BCUT2D eigenvalue weighted by Crippen LogP contribution is 2.36. The number of oxazole rings is 1. The Balaban J connectivity index is 1.85. The van der Waals surface area contributed by atoms with E-state index in [1.54, 1.807) is 13.8 Å². The van der Waals surface area contributed by atoms with E-state index in [4.69, 9.17) is 4.42 Å². The molecule has 0 aliphatic rings. The Morgan fingerprint density at radius 1 is 1.04 bits per heavy atom. The van der Waals surface area contributed by atoms with Crippen molar-refractivity contribution in [1.82, 2.24) is 15.6 Å². The van der Waals surface area contributed by atoms with Gasteiger partial charge in [-0.1, -0.05) is 72.4 Å². The zero-order chi connectivity index (χ0) is 19.9. The smallest absolute Gasteiger partial charge is 0.321 e. The molecule has 2 N–H and O–H groups in total. The van der Waals surface area contributed by atoms with E-state index >= 15 is 0 Å². The number of aromatic nitrogens is 1. The summed E-state index contributed by atoms with van der Waals surface area (Å²) in [5.74, 6) is 0.238.